The maximum absolute atomic E-state index is 12.9. The highest BCUT2D eigenvalue weighted by Gasteiger charge is 2.29. The second-order valence-electron chi connectivity index (χ2n) is 13.4. The zero-order chi connectivity index (χ0) is 31.7. The summed E-state index contributed by atoms with van der Waals surface area (Å²) in [4.78, 5) is 25.0. The van der Waals surface area contributed by atoms with Gasteiger partial charge in [0.25, 0.3) is 0 Å². The van der Waals surface area contributed by atoms with E-state index in [0.717, 1.165) is 22.3 Å². The van der Waals surface area contributed by atoms with Gasteiger partial charge in [0.15, 0.2) is 11.5 Å². The maximum Gasteiger partial charge on any atom is 0.223 e. The van der Waals surface area contributed by atoms with Crippen molar-refractivity contribution in [1.29, 1.82) is 0 Å². The van der Waals surface area contributed by atoms with Crippen LogP contribution >= 0.6 is 0 Å². The molecule has 43 heavy (non-hydrogen) atoms. The highest BCUT2D eigenvalue weighted by atomic mass is 16.5. The summed E-state index contributed by atoms with van der Waals surface area (Å²) >= 11 is 0. The Morgan fingerprint density at radius 2 is 1.23 bits per heavy atom. The zero-order valence-electron chi connectivity index (χ0n) is 26.6. The minimum absolute atomic E-state index is 0.161. The van der Waals surface area contributed by atoms with Crippen LogP contribution < -0.4 is 15.6 Å². The highest BCUT2D eigenvalue weighted by Crippen LogP contribution is 2.42. The summed E-state index contributed by atoms with van der Waals surface area (Å²) in [7, 11) is 0. The predicted octanol–water partition coefficient (Wildman–Crippen LogP) is 6.70. The maximum atomic E-state index is 12.9. The van der Waals surface area contributed by atoms with Crippen LogP contribution in [-0.2, 0) is 30.5 Å². The molecule has 0 spiro atoms. The summed E-state index contributed by atoms with van der Waals surface area (Å²) in [6.45, 7) is 17.3. The van der Waals surface area contributed by atoms with Crippen LogP contribution in [0.3, 0.4) is 0 Å². The van der Waals surface area contributed by atoms with Gasteiger partial charge in [-0.15, -0.1) is 0 Å². The van der Waals surface area contributed by atoms with Crippen LogP contribution in [0.2, 0.25) is 0 Å². The molecule has 4 rings (SSSR count). The second-order valence-corrected chi connectivity index (χ2v) is 13.4. The molecular formula is C36H44N2O5. The number of nitrogens with zero attached hydrogens (tertiary/aromatic N) is 2. The van der Waals surface area contributed by atoms with Crippen molar-refractivity contribution in [2.75, 3.05) is 0 Å². The minimum atomic E-state index is -0.420. The van der Waals surface area contributed by atoms with E-state index < -0.39 is 5.43 Å². The average Bonchev–Trinajstić information content (AvgIpc) is 2.93. The molecule has 0 saturated carbocycles. The number of rotatable bonds is 8. The van der Waals surface area contributed by atoms with Crippen LogP contribution in [0.1, 0.15) is 81.1 Å². The monoisotopic (exact) mass is 584 g/mol. The quantitative estimate of drug-likeness (QED) is 0.241. The molecule has 0 amide bonds. The molecule has 0 aliphatic carbocycles. The van der Waals surface area contributed by atoms with Gasteiger partial charge < -0.3 is 24.1 Å². The van der Waals surface area contributed by atoms with Crippen LogP contribution in [0.4, 0.5) is 0 Å². The molecule has 2 aromatic heterocycles. The molecule has 1 atom stereocenters. The van der Waals surface area contributed by atoms with E-state index in [9.17, 15) is 19.8 Å². The van der Waals surface area contributed by atoms with E-state index in [1.54, 1.807) is 19.3 Å². The van der Waals surface area contributed by atoms with Crippen molar-refractivity contribution in [3.8, 4) is 17.2 Å². The summed E-state index contributed by atoms with van der Waals surface area (Å²) in [6, 6.07) is 16.8. The molecule has 7 heteroatoms. The summed E-state index contributed by atoms with van der Waals surface area (Å²) in [5.41, 5.74) is 3.63. The van der Waals surface area contributed by atoms with E-state index in [1.165, 1.54) is 12.1 Å². The third-order valence-corrected chi connectivity index (χ3v) is 8.08. The molecule has 2 aromatic carbocycles. The molecule has 0 bridgehead atoms. The van der Waals surface area contributed by atoms with Gasteiger partial charge in [-0.05, 0) is 46.9 Å². The Balaban J connectivity index is 1.84. The predicted molar refractivity (Wildman–Crippen MR) is 172 cm³/mol. The van der Waals surface area contributed by atoms with Crippen LogP contribution in [0.5, 0.6) is 17.2 Å². The summed E-state index contributed by atoms with van der Waals surface area (Å²) in [5.74, 6) is 0.176. The second kappa shape index (κ2) is 12.2. The minimum Gasteiger partial charge on any atom is -0.507 e. The molecule has 2 heterocycles. The molecule has 0 aliphatic heterocycles. The smallest absolute Gasteiger partial charge is 0.223 e. The van der Waals surface area contributed by atoms with Crippen LogP contribution in [0, 0.1) is 13.8 Å². The topological polar surface area (TPSA) is 93.7 Å². The van der Waals surface area contributed by atoms with Gasteiger partial charge in [-0.25, -0.2) is 0 Å². The number of aromatic nitrogens is 2. The molecule has 7 nitrogen and oxygen atoms in total. The van der Waals surface area contributed by atoms with Crippen LogP contribution in [0.25, 0.3) is 0 Å². The van der Waals surface area contributed by atoms with Gasteiger partial charge >= 0.3 is 0 Å². The van der Waals surface area contributed by atoms with Crippen molar-refractivity contribution in [2.24, 2.45) is 0 Å². The molecule has 0 saturated heterocycles. The fraction of sp³-hybridized carbons (Fsp3) is 0.389. The molecule has 1 unspecified atom stereocenters. The summed E-state index contributed by atoms with van der Waals surface area (Å²) in [5, 5.41) is 21.8. The van der Waals surface area contributed by atoms with Gasteiger partial charge in [0.2, 0.25) is 10.9 Å². The number of ether oxygens (including phenoxy) is 1. The lowest BCUT2D eigenvalue weighted by molar-refractivity contribution is 0.296. The highest BCUT2D eigenvalue weighted by molar-refractivity contribution is 5.50. The van der Waals surface area contributed by atoms with E-state index >= 15 is 0 Å². The van der Waals surface area contributed by atoms with Crippen molar-refractivity contribution in [1.82, 2.24) is 9.13 Å². The van der Waals surface area contributed by atoms with Crippen LogP contribution in [0.15, 0.2) is 76.6 Å². The molecule has 4 aromatic rings. The third kappa shape index (κ3) is 7.04. The van der Waals surface area contributed by atoms with Crippen molar-refractivity contribution in [3.05, 3.63) is 121 Å². The zero-order valence-corrected chi connectivity index (χ0v) is 26.6. The number of aromatic hydroxyl groups is 2. The Hall–Kier alpha value is -4.26. The van der Waals surface area contributed by atoms with Gasteiger partial charge in [-0.1, -0.05) is 84.0 Å². The van der Waals surface area contributed by atoms with Crippen molar-refractivity contribution >= 4 is 0 Å². The van der Waals surface area contributed by atoms with Crippen molar-refractivity contribution < 1.29 is 14.9 Å². The van der Waals surface area contributed by atoms with E-state index in [0.29, 0.717) is 36.0 Å². The van der Waals surface area contributed by atoms with Gasteiger partial charge in [0, 0.05) is 43.5 Å². The number of hydrogen-bond donors (Lipinski definition) is 2. The fourth-order valence-corrected chi connectivity index (χ4v) is 5.40. The lowest BCUT2D eigenvalue weighted by Gasteiger charge is -2.31. The lowest BCUT2D eigenvalue weighted by Crippen LogP contribution is -2.23. The van der Waals surface area contributed by atoms with E-state index in [-0.39, 0.29) is 34.5 Å². The number of hydrogen-bond acceptors (Lipinski definition) is 5. The molecule has 228 valence electrons. The largest absolute Gasteiger partial charge is 0.507 e. The van der Waals surface area contributed by atoms with Gasteiger partial charge in [0.1, 0.15) is 12.4 Å². The van der Waals surface area contributed by atoms with Gasteiger partial charge in [-0.3, -0.25) is 9.59 Å². The first-order chi connectivity index (χ1) is 20.1. The van der Waals surface area contributed by atoms with Crippen molar-refractivity contribution in [3.63, 3.8) is 0 Å². The molecule has 0 fully saturated rings. The normalized spacial score (nSPS) is 12.7. The first-order valence-electron chi connectivity index (χ1n) is 14.7. The fourth-order valence-electron chi connectivity index (χ4n) is 5.40. The number of phenols is 1. The number of phenolic OH excluding ortho intramolecular Hbond substituents is 1. The Morgan fingerprint density at radius 3 is 1.77 bits per heavy atom. The average molecular weight is 585 g/mol. The van der Waals surface area contributed by atoms with Crippen LogP contribution in [-0.4, -0.2) is 19.3 Å². The van der Waals surface area contributed by atoms with Gasteiger partial charge in [0.05, 0.1) is 11.4 Å². The van der Waals surface area contributed by atoms with Crippen molar-refractivity contribution in [2.45, 2.75) is 91.8 Å². The molecular weight excluding hydrogens is 540 g/mol. The first kappa shape index (κ1) is 31.7. The Kier molecular flexibility index (Phi) is 8.95. The third-order valence-electron chi connectivity index (χ3n) is 8.08. The Bertz CT molecular complexity index is 1690. The number of pyridine rings is 2. The summed E-state index contributed by atoms with van der Waals surface area (Å²) < 4.78 is 9.95. The Labute approximate surface area is 254 Å². The number of benzene rings is 2. The Morgan fingerprint density at radius 1 is 0.721 bits per heavy atom. The summed E-state index contributed by atoms with van der Waals surface area (Å²) in [6.07, 6.45) is 3.48. The van der Waals surface area contributed by atoms with Gasteiger partial charge in [-0.2, -0.15) is 0 Å². The van der Waals surface area contributed by atoms with E-state index in [1.807, 2.05) is 46.4 Å². The molecule has 0 aliphatic rings. The molecule has 0 radical (unpaired) electrons. The standard InChI is InChI=1S/C36H44N2O5/c1-23-32(41)30(39)14-16-37(23)20-27(26-18-28(35(3,4)5)33(42)29(19-26)36(6,7)8)21-38-17-15-31(40)34(24(38)2)43-22-25-12-10-9-11-13-25/h9-19,27,41-42H,20-22H2,1-8H3. The SMILES string of the molecule is Cc1c(O)c(=O)ccn1CC(Cn1ccc(=O)c(OCc2ccccc2)c1C)c1cc(C(C)(C)C)c(O)c(C(C)(C)C)c1. The lowest BCUT2D eigenvalue weighted by atomic mass is 9.77. The van der Waals surface area contributed by atoms with E-state index in [4.69, 9.17) is 4.74 Å². The van der Waals surface area contributed by atoms with E-state index in [2.05, 4.69) is 53.7 Å². The molecule has 2 N–H and O–H groups in total. The first-order valence-corrected chi connectivity index (χ1v) is 14.7.